The highest BCUT2D eigenvalue weighted by Crippen LogP contribution is 2.34. The number of amides is 1. The fraction of sp³-hybridized carbons (Fsp3) is 0.222. The summed E-state index contributed by atoms with van der Waals surface area (Å²) < 4.78 is 69.5. The summed E-state index contributed by atoms with van der Waals surface area (Å²) in [6.45, 7) is 0. The maximum Gasteiger partial charge on any atom is 0.573 e. The van der Waals surface area contributed by atoms with Crippen molar-refractivity contribution in [2.45, 2.75) is 12.5 Å². The van der Waals surface area contributed by atoms with E-state index in [0.29, 0.717) is 0 Å². The molecule has 3 N–H and O–H groups in total. The van der Waals surface area contributed by atoms with E-state index in [-0.39, 0.29) is 0 Å². The van der Waals surface area contributed by atoms with E-state index in [0.717, 1.165) is 29.7 Å². The van der Waals surface area contributed by atoms with Crippen LogP contribution >= 0.6 is 0 Å². The summed E-state index contributed by atoms with van der Waals surface area (Å²) in [5.41, 5.74) is 1.12. The molecule has 0 aliphatic heterocycles. The van der Waals surface area contributed by atoms with Crippen molar-refractivity contribution in [3.05, 3.63) is 24.3 Å². The molecule has 0 spiro atoms. The third-order valence-electron chi connectivity index (χ3n) is 1.71. The lowest BCUT2D eigenvalue weighted by molar-refractivity contribution is -0.276. The van der Waals surface area contributed by atoms with Crippen molar-refractivity contribution < 1.29 is 36.2 Å². The first-order valence-electron chi connectivity index (χ1n) is 4.58. The predicted octanol–water partition coefficient (Wildman–Crippen LogP) is 1.55. The molecule has 10 heteroatoms. The first-order chi connectivity index (χ1) is 8.65. The van der Waals surface area contributed by atoms with E-state index < -0.39 is 29.9 Å². The highest BCUT2D eigenvalue weighted by Gasteiger charge is 2.43. The maximum atomic E-state index is 13.1. The van der Waals surface area contributed by atoms with Crippen LogP contribution in [0.1, 0.15) is 0 Å². The lowest BCUT2D eigenvalue weighted by Crippen LogP contribution is -2.47. The van der Waals surface area contributed by atoms with Gasteiger partial charge in [0.2, 0.25) is 0 Å². The zero-order valence-electron chi connectivity index (χ0n) is 9.00. The van der Waals surface area contributed by atoms with Gasteiger partial charge < -0.3 is 9.47 Å². The normalized spacial score (nSPS) is 11.9. The van der Waals surface area contributed by atoms with Crippen LogP contribution in [0.3, 0.4) is 0 Å². The van der Waals surface area contributed by atoms with Gasteiger partial charge in [0, 0.05) is 0 Å². The van der Waals surface area contributed by atoms with Gasteiger partial charge in [-0.25, -0.2) is 5.84 Å². The van der Waals surface area contributed by atoms with Crippen LogP contribution in [-0.4, -0.2) is 18.4 Å². The molecule has 0 aliphatic rings. The van der Waals surface area contributed by atoms with E-state index in [1.54, 1.807) is 0 Å². The molecule has 0 radical (unpaired) electrons. The van der Waals surface area contributed by atoms with Crippen molar-refractivity contribution in [3.8, 4) is 11.5 Å². The average Bonchev–Trinajstić information content (AvgIpc) is 2.28. The molecule has 0 aromatic heterocycles. The number of halogens is 5. The van der Waals surface area contributed by atoms with Crippen LogP contribution in [0, 0.1) is 0 Å². The lowest BCUT2D eigenvalue weighted by atomic mass is 10.3. The molecule has 106 valence electrons. The summed E-state index contributed by atoms with van der Waals surface area (Å²) in [4.78, 5) is 10.7. The van der Waals surface area contributed by atoms with Crippen molar-refractivity contribution in [1.29, 1.82) is 0 Å². The third kappa shape index (κ3) is 4.25. The largest absolute Gasteiger partial charge is 0.573 e. The van der Waals surface area contributed by atoms with Crippen LogP contribution in [0.5, 0.6) is 11.5 Å². The number of carbonyl (C=O) groups is 1. The monoisotopic (exact) mass is 286 g/mol. The minimum absolute atomic E-state index is 0.749. The zero-order chi connectivity index (χ0) is 14.7. The number of nitrogens with two attached hydrogens (primary N) is 1. The molecule has 1 aromatic carbocycles. The molecule has 1 amide bonds. The highest BCUT2D eigenvalue weighted by molar-refractivity contribution is 5.81. The zero-order valence-corrected chi connectivity index (χ0v) is 9.00. The number of ether oxygens (including phenoxy) is 2. The van der Waals surface area contributed by atoms with Crippen LogP contribution in [0.25, 0.3) is 0 Å². The van der Waals surface area contributed by atoms with Crippen molar-refractivity contribution in [2.24, 2.45) is 5.84 Å². The van der Waals surface area contributed by atoms with E-state index in [2.05, 4.69) is 15.3 Å². The van der Waals surface area contributed by atoms with Crippen molar-refractivity contribution in [3.63, 3.8) is 0 Å². The number of alkyl halides is 5. The number of nitrogens with one attached hydrogen (secondary N) is 1. The van der Waals surface area contributed by atoms with E-state index in [9.17, 15) is 26.7 Å². The van der Waals surface area contributed by atoms with Crippen LogP contribution < -0.4 is 20.7 Å². The van der Waals surface area contributed by atoms with Crippen molar-refractivity contribution in [1.82, 2.24) is 5.43 Å². The van der Waals surface area contributed by atoms with Crippen LogP contribution in [0.2, 0.25) is 0 Å². The Hall–Kier alpha value is -2.10. The number of hydrogen-bond donors (Lipinski definition) is 2. The van der Waals surface area contributed by atoms with Gasteiger partial charge in [0.25, 0.3) is 0 Å². The van der Waals surface area contributed by atoms with Crippen LogP contribution in [-0.2, 0) is 4.79 Å². The molecule has 5 nitrogen and oxygen atoms in total. The van der Waals surface area contributed by atoms with Gasteiger partial charge in [-0.3, -0.25) is 10.2 Å². The highest BCUT2D eigenvalue weighted by atomic mass is 19.4. The molecule has 1 aromatic rings. The number of hydrazine groups is 1. The van der Waals surface area contributed by atoms with Gasteiger partial charge in [-0.15, -0.1) is 13.2 Å². The fourth-order valence-electron chi connectivity index (χ4n) is 1.01. The molecule has 19 heavy (non-hydrogen) atoms. The van der Waals surface area contributed by atoms with Gasteiger partial charge in [-0.1, -0.05) is 12.1 Å². The topological polar surface area (TPSA) is 73.6 Å². The van der Waals surface area contributed by atoms with E-state index in [1.807, 2.05) is 0 Å². The molecule has 0 heterocycles. The SMILES string of the molecule is NNC(=O)C(F)(F)Oc1ccccc1OC(F)(F)F. The van der Waals surface area contributed by atoms with Crippen LogP contribution in [0.15, 0.2) is 24.3 Å². The molecular formula is C9H7F5N2O3. The first kappa shape index (κ1) is 15.0. The number of carbonyl (C=O) groups excluding carboxylic acids is 1. The Morgan fingerprint density at radius 3 is 1.95 bits per heavy atom. The number of hydrogen-bond acceptors (Lipinski definition) is 4. The Balaban J connectivity index is 2.99. The smallest absolute Gasteiger partial charge is 0.421 e. The molecule has 0 atom stereocenters. The number of rotatable bonds is 4. The third-order valence-corrected chi connectivity index (χ3v) is 1.71. The molecule has 0 bridgehead atoms. The Kier molecular flexibility index (Phi) is 4.14. The maximum absolute atomic E-state index is 13.1. The average molecular weight is 286 g/mol. The summed E-state index contributed by atoms with van der Waals surface area (Å²) in [6.07, 6.45) is -9.54. The van der Waals surface area contributed by atoms with Gasteiger partial charge in [0.1, 0.15) is 0 Å². The lowest BCUT2D eigenvalue weighted by Gasteiger charge is -2.18. The van der Waals surface area contributed by atoms with Crippen LogP contribution in [0.4, 0.5) is 22.0 Å². The second kappa shape index (κ2) is 5.26. The van der Waals surface area contributed by atoms with Crippen molar-refractivity contribution in [2.75, 3.05) is 0 Å². The number of benzene rings is 1. The first-order valence-corrected chi connectivity index (χ1v) is 4.58. The molecule has 0 unspecified atom stereocenters. The Labute approximate surface area is 103 Å². The van der Waals surface area contributed by atoms with Gasteiger partial charge in [-0.05, 0) is 12.1 Å². The summed E-state index contributed by atoms with van der Waals surface area (Å²) in [7, 11) is 0. The van der Waals surface area contributed by atoms with Gasteiger partial charge in [0.15, 0.2) is 11.5 Å². The predicted molar refractivity (Wildman–Crippen MR) is 51.0 cm³/mol. The van der Waals surface area contributed by atoms with E-state index in [1.165, 1.54) is 0 Å². The second-order valence-corrected chi connectivity index (χ2v) is 3.09. The Morgan fingerprint density at radius 1 is 1.05 bits per heavy atom. The van der Waals surface area contributed by atoms with Gasteiger partial charge in [0.05, 0.1) is 0 Å². The fourth-order valence-corrected chi connectivity index (χ4v) is 1.01. The summed E-state index contributed by atoms with van der Waals surface area (Å²) in [6, 6.07) is 3.75. The molecule has 0 fully saturated rings. The quantitative estimate of drug-likeness (QED) is 0.381. The molecule has 1 rings (SSSR count). The minimum atomic E-state index is -5.09. The molecular weight excluding hydrogens is 279 g/mol. The van der Waals surface area contributed by atoms with Gasteiger partial charge >= 0.3 is 18.4 Å². The minimum Gasteiger partial charge on any atom is -0.421 e. The number of para-hydroxylation sites is 2. The van der Waals surface area contributed by atoms with Crippen molar-refractivity contribution >= 4 is 5.91 Å². The molecule has 0 aliphatic carbocycles. The molecule has 0 saturated heterocycles. The Morgan fingerprint density at radius 2 is 1.53 bits per heavy atom. The van der Waals surface area contributed by atoms with E-state index in [4.69, 9.17) is 0 Å². The van der Waals surface area contributed by atoms with Gasteiger partial charge in [-0.2, -0.15) is 8.78 Å². The Bertz CT molecular complexity index is 463. The standard InChI is InChI=1S/C9H7F5N2O3/c10-8(11,7(17)16-15)18-5-3-1-2-4-6(5)19-9(12,13)14/h1-4H,15H2,(H,16,17). The second-order valence-electron chi connectivity index (χ2n) is 3.09. The summed E-state index contributed by atoms with van der Waals surface area (Å²) in [5.74, 6) is 0.483. The van der Waals surface area contributed by atoms with E-state index >= 15 is 0 Å². The summed E-state index contributed by atoms with van der Waals surface area (Å²) in [5, 5.41) is 0. The summed E-state index contributed by atoms with van der Waals surface area (Å²) >= 11 is 0. The molecule has 0 saturated carbocycles.